The summed E-state index contributed by atoms with van der Waals surface area (Å²) in [5.74, 6) is 1.10. The second kappa shape index (κ2) is 9.01. The van der Waals surface area contributed by atoms with Gasteiger partial charge in [0.15, 0.2) is 5.96 Å². The highest BCUT2D eigenvalue weighted by Crippen LogP contribution is 2.52. The lowest BCUT2D eigenvalue weighted by Gasteiger charge is -2.54. The summed E-state index contributed by atoms with van der Waals surface area (Å²) >= 11 is 0. The molecule has 1 aliphatic heterocycles. The largest absolute Gasteiger partial charge is 0.491 e. The van der Waals surface area contributed by atoms with E-state index in [0.717, 1.165) is 25.2 Å². The van der Waals surface area contributed by atoms with Crippen LogP contribution < -0.4 is 15.4 Å². The first-order chi connectivity index (χ1) is 14.1. The molecule has 1 aromatic rings. The minimum Gasteiger partial charge on any atom is -0.491 e. The van der Waals surface area contributed by atoms with Crippen LogP contribution in [0.1, 0.15) is 32.8 Å². The summed E-state index contributed by atoms with van der Waals surface area (Å²) in [6.07, 6.45) is -4.12. The van der Waals surface area contributed by atoms with Crippen LogP contribution in [0.25, 0.3) is 0 Å². The molecule has 2 fully saturated rings. The lowest BCUT2D eigenvalue weighted by Crippen LogP contribution is -2.68. The monoisotopic (exact) mass is 429 g/mol. The van der Waals surface area contributed by atoms with Gasteiger partial charge in [0.05, 0.1) is 18.2 Å². The van der Waals surface area contributed by atoms with Gasteiger partial charge in [0.25, 0.3) is 0 Å². The van der Waals surface area contributed by atoms with Gasteiger partial charge in [-0.25, -0.2) is 0 Å². The fraction of sp³-hybridized carbons (Fsp3) is 0.667. The number of aliphatic hydroxyl groups is 1. The first kappa shape index (κ1) is 22.7. The third kappa shape index (κ3) is 5.00. The maximum absolute atomic E-state index is 12.8. The highest BCUT2D eigenvalue weighted by atomic mass is 19.4. The summed E-state index contributed by atoms with van der Waals surface area (Å²) in [4.78, 5) is 4.43. The van der Waals surface area contributed by atoms with Gasteiger partial charge in [-0.05, 0) is 31.5 Å². The van der Waals surface area contributed by atoms with Crippen molar-refractivity contribution in [2.75, 3.05) is 26.3 Å². The summed E-state index contributed by atoms with van der Waals surface area (Å²) in [6, 6.07) is 4.82. The molecule has 1 heterocycles. The molecule has 3 N–H and O–H groups in total. The Morgan fingerprint density at radius 2 is 2.17 bits per heavy atom. The highest BCUT2D eigenvalue weighted by Gasteiger charge is 2.59. The molecule has 4 unspecified atom stereocenters. The molecule has 2 aliphatic rings. The maximum atomic E-state index is 12.8. The normalized spacial score (nSPS) is 26.5. The van der Waals surface area contributed by atoms with Crippen molar-refractivity contribution in [1.29, 1.82) is 0 Å². The summed E-state index contributed by atoms with van der Waals surface area (Å²) < 4.78 is 49.5. The highest BCUT2D eigenvalue weighted by molar-refractivity contribution is 5.80. The van der Waals surface area contributed by atoms with Gasteiger partial charge in [-0.1, -0.05) is 19.9 Å². The zero-order valence-corrected chi connectivity index (χ0v) is 17.5. The maximum Gasteiger partial charge on any atom is 0.416 e. The number of aliphatic imine (C=N–C) groups is 1. The summed E-state index contributed by atoms with van der Waals surface area (Å²) in [5, 5.41) is 16.8. The second-order valence-electron chi connectivity index (χ2n) is 8.40. The lowest BCUT2D eigenvalue weighted by molar-refractivity contribution is -0.137. The zero-order valence-electron chi connectivity index (χ0n) is 17.5. The van der Waals surface area contributed by atoms with Crippen LogP contribution in [0.3, 0.4) is 0 Å². The molecule has 30 heavy (non-hydrogen) atoms. The Balaban J connectivity index is 1.53. The molecule has 0 radical (unpaired) electrons. The van der Waals surface area contributed by atoms with Crippen LogP contribution in [0.4, 0.5) is 13.2 Å². The van der Waals surface area contributed by atoms with E-state index < -0.39 is 17.8 Å². The third-order valence-corrected chi connectivity index (χ3v) is 5.80. The molecule has 6 nitrogen and oxygen atoms in total. The number of rotatable bonds is 7. The minimum absolute atomic E-state index is 0.0113. The van der Waals surface area contributed by atoms with E-state index in [4.69, 9.17) is 9.47 Å². The molecule has 0 amide bonds. The van der Waals surface area contributed by atoms with Crippen LogP contribution in [-0.4, -0.2) is 55.6 Å². The summed E-state index contributed by atoms with van der Waals surface area (Å²) in [6.45, 7) is 7.63. The smallest absolute Gasteiger partial charge is 0.416 e. The predicted molar refractivity (Wildman–Crippen MR) is 107 cm³/mol. The van der Waals surface area contributed by atoms with Gasteiger partial charge in [-0.3, -0.25) is 4.99 Å². The number of fused-ring (bicyclic) bond motifs is 1. The number of ether oxygens (including phenoxy) is 2. The summed E-state index contributed by atoms with van der Waals surface area (Å²) in [7, 11) is 0. The van der Waals surface area contributed by atoms with Crippen LogP contribution in [0, 0.1) is 11.3 Å². The van der Waals surface area contributed by atoms with Gasteiger partial charge in [-0.15, -0.1) is 0 Å². The quantitative estimate of drug-likeness (QED) is 0.459. The first-order valence-corrected chi connectivity index (χ1v) is 10.3. The molecule has 1 saturated heterocycles. The molecular formula is C21H30F3N3O3. The van der Waals surface area contributed by atoms with E-state index in [1.807, 2.05) is 6.92 Å². The molecule has 1 aromatic carbocycles. The van der Waals surface area contributed by atoms with Crippen LogP contribution in [-0.2, 0) is 10.9 Å². The van der Waals surface area contributed by atoms with Gasteiger partial charge in [0.2, 0.25) is 0 Å². The number of hydrogen-bond acceptors (Lipinski definition) is 4. The van der Waals surface area contributed by atoms with Crippen molar-refractivity contribution in [3.05, 3.63) is 29.8 Å². The van der Waals surface area contributed by atoms with E-state index in [0.29, 0.717) is 18.4 Å². The Morgan fingerprint density at radius 3 is 2.87 bits per heavy atom. The Hall–Kier alpha value is -2.00. The Labute approximate surface area is 174 Å². The average Bonchev–Trinajstić information content (AvgIpc) is 3.15. The summed E-state index contributed by atoms with van der Waals surface area (Å²) in [5.41, 5.74) is -0.800. The topological polar surface area (TPSA) is 75.1 Å². The third-order valence-electron chi connectivity index (χ3n) is 5.80. The van der Waals surface area contributed by atoms with Gasteiger partial charge in [0.1, 0.15) is 18.5 Å². The van der Waals surface area contributed by atoms with Crippen molar-refractivity contribution in [3.63, 3.8) is 0 Å². The number of hydrogen-bond donors (Lipinski definition) is 3. The van der Waals surface area contributed by atoms with Crippen molar-refractivity contribution in [2.24, 2.45) is 16.3 Å². The fourth-order valence-electron chi connectivity index (χ4n) is 4.29. The van der Waals surface area contributed by atoms with E-state index in [2.05, 4.69) is 29.5 Å². The van der Waals surface area contributed by atoms with Gasteiger partial charge >= 0.3 is 6.18 Å². The number of alkyl halides is 3. The standard InChI is InChI=1S/C21H30F3N3O3/c1-4-25-19(27-17-16-8-9-29-18(16)20(17,2)3)26-11-14(28)12-30-15-7-5-6-13(10-15)21(22,23)24/h5-7,10,14,16-18,28H,4,8-9,11-12H2,1-3H3,(H2,25,26,27). The van der Waals surface area contributed by atoms with Gasteiger partial charge in [-0.2, -0.15) is 13.2 Å². The molecule has 3 rings (SSSR count). The second-order valence-corrected chi connectivity index (χ2v) is 8.40. The lowest BCUT2D eigenvalue weighted by atomic mass is 9.57. The van der Waals surface area contributed by atoms with Crippen LogP contribution in [0.15, 0.2) is 29.3 Å². The van der Waals surface area contributed by atoms with Crippen molar-refractivity contribution >= 4 is 5.96 Å². The molecule has 0 spiro atoms. The van der Waals surface area contributed by atoms with Crippen molar-refractivity contribution in [2.45, 2.75) is 51.6 Å². The molecule has 0 bridgehead atoms. The number of halogens is 3. The molecular weight excluding hydrogens is 399 g/mol. The Bertz CT molecular complexity index is 755. The molecule has 1 aliphatic carbocycles. The van der Waals surface area contributed by atoms with Crippen molar-refractivity contribution < 1.29 is 27.8 Å². The van der Waals surface area contributed by atoms with E-state index in [1.165, 1.54) is 12.1 Å². The molecule has 9 heteroatoms. The first-order valence-electron chi connectivity index (χ1n) is 10.3. The number of benzene rings is 1. The van der Waals surface area contributed by atoms with Crippen molar-refractivity contribution in [3.8, 4) is 5.75 Å². The van der Waals surface area contributed by atoms with Crippen LogP contribution in [0.2, 0.25) is 0 Å². The fourth-order valence-corrected chi connectivity index (χ4v) is 4.29. The van der Waals surface area contributed by atoms with E-state index in [9.17, 15) is 18.3 Å². The number of guanidine groups is 1. The van der Waals surface area contributed by atoms with Crippen LogP contribution >= 0.6 is 0 Å². The van der Waals surface area contributed by atoms with Crippen molar-refractivity contribution in [1.82, 2.24) is 10.6 Å². The van der Waals surface area contributed by atoms with E-state index in [1.54, 1.807) is 0 Å². The number of nitrogens with one attached hydrogen (secondary N) is 2. The van der Waals surface area contributed by atoms with Gasteiger partial charge < -0.3 is 25.2 Å². The van der Waals surface area contributed by atoms with Crippen LogP contribution in [0.5, 0.6) is 5.75 Å². The molecule has 1 saturated carbocycles. The molecule has 4 atom stereocenters. The minimum atomic E-state index is -4.44. The van der Waals surface area contributed by atoms with Gasteiger partial charge in [0, 0.05) is 30.5 Å². The zero-order chi connectivity index (χ0) is 21.9. The molecule has 0 aromatic heterocycles. The Morgan fingerprint density at radius 1 is 1.40 bits per heavy atom. The Kier molecular flexibility index (Phi) is 6.81. The van der Waals surface area contributed by atoms with E-state index >= 15 is 0 Å². The SMILES string of the molecule is CCNC(=NCC(O)COc1cccc(C(F)(F)F)c1)NC1C2CCOC2C1(C)C. The number of nitrogens with zero attached hydrogens (tertiary/aromatic N) is 1. The predicted octanol–water partition coefficient (Wildman–Crippen LogP) is 2.81. The molecule has 168 valence electrons. The number of aliphatic hydroxyl groups excluding tert-OH is 1. The average molecular weight is 429 g/mol. The van der Waals surface area contributed by atoms with E-state index in [-0.39, 0.29) is 36.5 Å².